The molecule has 1 saturated carbocycles. The van der Waals surface area contributed by atoms with Crippen LogP contribution in [-0.4, -0.2) is 12.1 Å². The van der Waals surface area contributed by atoms with E-state index in [9.17, 15) is 0 Å². The fourth-order valence-corrected chi connectivity index (χ4v) is 9.69. The van der Waals surface area contributed by atoms with Gasteiger partial charge in [0.05, 0.1) is 0 Å². The Morgan fingerprint density at radius 2 is 1.86 bits per heavy atom. The molecule has 0 aromatic heterocycles. The molecule has 0 nitrogen and oxygen atoms in total. The first-order valence-electron chi connectivity index (χ1n) is 5.45. The van der Waals surface area contributed by atoms with Gasteiger partial charge in [-0.25, -0.2) is 0 Å². The Bertz CT molecular complexity index is 182. The highest BCUT2D eigenvalue weighted by atomic mass is 35.7. The molecule has 0 saturated heterocycles. The standard InChI is InChI=1S/C10H19Cl3Si/c1-8-5-3-4-6-10(8)14(12,13)7-9(2)11/h8-10H,3-7H2,1-2H3. The van der Waals surface area contributed by atoms with Crippen molar-refractivity contribution in [3.05, 3.63) is 0 Å². The first kappa shape index (κ1) is 13.2. The lowest BCUT2D eigenvalue weighted by Crippen LogP contribution is -2.35. The minimum Gasteiger partial charge on any atom is -0.145 e. The zero-order valence-electron chi connectivity index (χ0n) is 8.90. The van der Waals surface area contributed by atoms with Crippen LogP contribution in [-0.2, 0) is 0 Å². The number of hydrogen-bond donors (Lipinski definition) is 0. The van der Waals surface area contributed by atoms with E-state index in [0.717, 1.165) is 6.04 Å². The van der Waals surface area contributed by atoms with Crippen molar-refractivity contribution >= 4 is 40.5 Å². The number of halogens is 3. The van der Waals surface area contributed by atoms with Crippen molar-refractivity contribution in [1.29, 1.82) is 0 Å². The molecule has 3 atom stereocenters. The molecule has 84 valence electrons. The summed E-state index contributed by atoms with van der Waals surface area (Å²) in [5, 5.41) is 0.116. The number of rotatable bonds is 3. The molecule has 4 heteroatoms. The maximum absolute atomic E-state index is 6.52. The molecule has 0 amide bonds. The molecule has 1 aliphatic carbocycles. The van der Waals surface area contributed by atoms with Gasteiger partial charge in [-0.15, -0.1) is 33.8 Å². The van der Waals surface area contributed by atoms with Crippen LogP contribution in [0.4, 0.5) is 0 Å². The molecule has 0 N–H and O–H groups in total. The smallest absolute Gasteiger partial charge is 0.145 e. The fourth-order valence-electron chi connectivity index (χ4n) is 2.47. The second-order valence-electron chi connectivity index (χ2n) is 4.61. The molecule has 0 spiro atoms. The Morgan fingerprint density at radius 3 is 2.36 bits per heavy atom. The van der Waals surface area contributed by atoms with Gasteiger partial charge in [0.15, 0.2) is 0 Å². The highest BCUT2D eigenvalue weighted by molar-refractivity contribution is 7.46. The summed E-state index contributed by atoms with van der Waals surface area (Å²) in [7, 11) is 0. The summed E-state index contributed by atoms with van der Waals surface area (Å²) in [6.07, 6.45) is 5.13. The van der Waals surface area contributed by atoms with Crippen LogP contribution in [0.2, 0.25) is 11.6 Å². The lowest BCUT2D eigenvalue weighted by Gasteiger charge is -2.36. The summed E-state index contributed by atoms with van der Waals surface area (Å²) in [6, 6.07) is 0.826. The summed E-state index contributed by atoms with van der Waals surface area (Å²) < 4.78 is 0. The minimum atomic E-state index is -2.12. The molecular formula is C10H19Cl3Si. The second kappa shape index (κ2) is 5.43. The van der Waals surface area contributed by atoms with E-state index in [1.807, 2.05) is 6.92 Å². The first-order chi connectivity index (χ1) is 6.43. The molecule has 0 aliphatic heterocycles. The number of alkyl halides is 1. The van der Waals surface area contributed by atoms with Gasteiger partial charge in [-0.05, 0) is 24.4 Å². The van der Waals surface area contributed by atoms with Crippen LogP contribution in [0, 0.1) is 5.92 Å². The van der Waals surface area contributed by atoms with E-state index in [1.54, 1.807) is 0 Å². The first-order valence-corrected chi connectivity index (χ1v) is 10.2. The molecule has 0 aromatic rings. The van der Waals surface area contributed by atoms with Gasteiger partial charge in [0.25, 0.3) is 6.69 Å². The van der Waals surface area contributed by atoms with Crippen LogP contribution >= 0.6 is 33.8 Å². The monoisotopic (exact) mass is 272 g/mol. The van der Waals surface area contributed by atoms with Crippen LogP contribution < -0.4 is 0 Å². The van der Waals surface area contributed by atoms with E-state index < -0.39 is 6.69 Å². The normalized spacial score (nSPS) is 31.5. The minimum absolute atomic E-state index is 0.116. The largest absolute Gasteiger partial charge is 0.256 e. The quantitative estimate of drug-likeness (QED) is 0.381. The Balaban J connectivity index is 2.59. The molecule has 0 radical (unpaired) electrons. The molecule has 1 aliphatic rings. The van der Waals surface area contributed by atoms with Crippen molar-refractivity contribution in [3.63, 3.8) is 0 Å². The third-order valence-corrected chi connectivity index (χ3v) is 9.33. The van der Waals surface area contributed by atoms with Crippen LogP contribution in [0.25, 0.3) is 0 Å². The van der Waals surface area contributed by atoms with Crippen molar-refractivity contribution in [3.8, 4) is 0 Å². The number of hydrogen-bond acceptors (Lipinski definition) is 0. The zero-order chi connectivity index (χ0) is 10.8. The Morgan fingerprint density at radius 1 is 1.29 bits per heavy atom. The van der Waals surface area contributed by atoms with Crippen LogP contribution in [0.5, 0.6) is 0 Å². The van der Waals surface area contributed by atoms with E-state index in [0.29, 0.717) is 11.5 Å². The van der Waals surface area contributed by atoms with Gasteiger partial charge in [-0.3, -0.25) is 0 Å². The maximum Gasteiger partial charge on any atom is 0.256 e. The summed E-state index contributed by atoms with van der Waals surface area (Å²) in [6.45, 7) is 2.16. The molecule has 3 unspecified atom stereocenters. The maximum atomic E-state index is 6.52. The highest BCUT2D eigenvalue weighted by Crippen LogP contribution is 2.47. The fraction of sp³-hybridized carbons (Fsp3) is 1.00. The van der Waals surface area contributed by atoms with Crippen LogP contribution in [0.15, 0.2) is 0 Å². The molecule has 0 aromatic carbocycles. The van der Waals surface area contributed by atoms with E-state index in [2.05, 4.69) is 6.92 Å². The average molecular weight is 274 g/mol. The molecule has 1 fully saturated rings. The van der Waals surface area contributed by atoms with Gasteiger partial charge in [-0.1, -0.05) is 32.6 Å². The van der Waals surface area contributed by atoms with Crippen molar-refractivity contribution in [2.45, 2.75) is 56.5 Å². The summed E-state index contributed by atoms with van der Waals surface area (Å²) in [4.78, 5) is 0. The Hall–Kier alpha value is 1.09. The summed E-state index contributed by atoms with van der Waals surface area (Å²) >= 11 is 19.0. The predicted octanol–water partition coefficient (Wildman–Crippen LogP) is 5.11. The predicted molar refractivity (Wildman–Crippen MR) is 69.0 cm³/mol. The van der Waals surface area contributed by atoms with Gasteiger partial charge >= 0.3 is 0 Å². The van der Waals surface area contributed by atoms with Gasteiger partial charge in [0.2, 0.25) is 0 Å². The lowest BCUT2D eigenvalue weighted by molar-refractivity contribution is 0.379. The van der Waals surface area contributed by atoms with Crippen molar-refractivity contribution in [1.82, 2.24) is 0 Å². The topological polar surface area (TPSA) is 0 Å². The van der Waals surface area contributed by atoms with Crippen molar-refractivity contribution in [2.24, 2.45) is 5.92 Å². The summed E-state index contributed by atoms with van der Waals surface area (Å²) in [5.41, 5.74) is 0.556. The molecule has 0 heterocycles. The second-order valence-corrected chi connectivity index (χ2v) is 12.7. The average Bonchev–Trinajstić information content (AvgIpc) is 2.02. The summed E-state index contributed by atoms with van der Waals surface area (Å²) in [5.74, 6) is 0.695. The van der Waals surface area contributed by atoms with Crippen LogP contribution in [0.1, 0.15) is 39.5 Å². The molecular weight excluding hydrogens is 255 g/mol. The van der Waals surface area contributed by atoms with Crippen molar-refractivity contribution < 1.29 is 0 Å². The SMILES string of the molecule is CC(Cl)C[Si](Cl)(Cl)C1CCCCC1C. The van der Waals surface area contributed by atoms with Crippen LogP contribution in [0.3, 0.4) is 0 Å². The van der Waals surface area contributed by atoms with Gasteiger partial charge in [0.1, 0.15) is 0 Å². The van der Waals surface area contributed by atoms with E-state index in [4.69, 9.17) is 33.8 Å². The molecule has 14 heavy (non-hydrogen) atoms. The highest BCUT2D eigenvalue weighted by Gasteiger charge is 2.42. The van der Waals surface area contributed by atoms with Crippen molar-refractivity contribution in [2.75, 3.05) is 0 Å². The Kier molecular flexibility index (Phi) is 5.10. The van der Waals surface area contributed by atoms with E-state index in [1.165, 1.54) is 25.7 Å². The Labute approximate surface area is 103 Å². The van der Waals surface area contributed by atoms with Gasteiger partial charge < -0.3 is 0 Å². The van der Waals surface area contributed by atoms with Gasteiger partial charge in [0, 0.05) is 5.38 Å². The zero-order valence-corrected chi connectivity index (χ0v) is 12.2. The third-order valence-electron chi connectivity index (χ3n) is 3.21. The third kappa shape index (κ3) is 3.59. The molecule has 0 bridgehead atoms. The van der Waals surface area contributed by atoms with E-state index >= 15 is 0 Å². The van der Waals surface area contributed by atoms with E-state index in [-0.39, 0.29) is 5.38 Å². The van der Waals surface area contributed by atoms with Gasteiger partial charge in [-0.2, -0.15) is 0 Å². The molecule has 1 rings (SSSR count). The lowest BCUT2D eigenvalue weighted by atomic mass is 9.90.